The Balaban J connectivity index is 3.07. The van der Waals surface area contributed by atoms with Gasteiger partial charge in [0.15, 0.2) is 0 Å². The van der Waals surface area contributed by atoms with E-state index in [-0.39, 0.29) is 0 Å². The maximum absolute atomic E-state index is 9.68. The summed E-state index contributed by atoms with van der Waals surface area (Å²) in [6.45, 7) is 1.95. The van der Waals surface area contributed by atoms with Gasteiger partial charge in [-0.05, 0) is 47.2 Å². The van der Waals surface area contributed by atoms with Crippen LogP contribution in [0, 0.1) is 3.57 Å². The molecule has 1 aromatic carbocycles. The third-order valence-electron chi connectivity index (χ3n) is 1.94. The molecule has 3 heteroatoms. The van der Waals surface area contributed by atoms with E-state index in [1.165, 1.54) is 0 Å². The SMILES string of the molecule is CC[C@H](O)c1cc(I)ccc1OC. The summed E-state index contributed by atoms with van der Waals surface area (Å²) in [5.74, 6) is 0.759. The lowest BCUT2D eigenvalue weighted by Gasteiger charge is -2.13. The van der Waals surface area contributed by atoms with E-state index in [9.17, 15) is 5.11 Å². The standard InChI is InChI=1S/C10H13IO2/c1-3-9(12)8-6-7(11)4-5-10(8)13-2/h4-6,9,12H,3H2,1-2H3/t9-/m0/s1. The van der Waals surface area contributed by atoms with Gasteiger partial charge in [-0.1, -0.05) is 6.92 Å². The van der Waals surface area contributed by atoms with Crippen LogP contribution in [0.5, 0.6) is 5.75 Å². The minimum Gasteiger partial charge on any atom is -0.496 e. The van der Waals surface area contributed by atoms with Crippen molar-refractivity contribution < 1.29 is 9.84 Å². The van der Waals surface area contributed by atoms with Crippen LogP contribution < -0.4 is 4.74 Å². The van der Waals surface area contributed by atoms with Crippen molar-refractivity contribution in [1.29, 1.82) is 0 Å². The summed E-state index contributed by atoms with van der Waals surface area (Å²) >= 11 is 2.22. The van der Waals surface area contributed by atoms with E-state index in [0.717, 1.165) is 14.9 Å². The van der Waals surface area contributed by atoms with Gasteiger partial charge in [0.25, 0.3) is 0 Å². The zero-order valence-electron chi connectivity index (χ0n) is 7.75. The first-order valence-electron chi connectivity index (χ1n) is 4.20. The summed E-state index contributed by atoms with van der Waals surface area (Å²) in [5, 5.41) is 9.68. The highest BCUT2D eigenvalue weighted by molar-refractivity contribution is 14.1. The van der Waals surface area contributed by atoms with Crippen LogP contribution in [0.1, 0.15) is 25.0 Å². The van der Waals surface area contributed by atoms with E-state index in [0.29, 0.717) is 6.42 Å². The topological polar surface area (TPSA) is 29.5 Å². The maximum Gasteiger partial charge on any atom is 0.124 e. The monoisotopic (exact) mass is 292 g/mol. The molecule has 0 bridgehead atoms. The Kier molecular flexibility index (Phi) is 3.99. The molecule has 0 saturated heterocycles. The van der Waals surface area contributed by atoms with Crippen LogP contribution in [0.3, 0.4) is 0 Å². The molecule has 0 saturated carbocycles. The van der Waals surface area contributed by atoms with Gasteiger partial charge in [-0.2, -0.15) is 0 Å². The highest BCUT2D eigenvalue weighted by atomic mass is 127. The molecule has 1 aromatic rings. The molecule has 0 heterocycles. The van der Waals surface area contributed by atoms with Crippen molar-refractivity contribution in [2.24, 2.45) is 0 Å². The molecule has 13 heavy (non-hydrogen) atoms. The number of halogens is 1. The lowest BCUT2D eigenvalue weighted by atomic mass is 10.1. The molecule has 2 nitrogen and oxygen atoms in total. The second-order valence-corrected chi connectivity index (χ2v) is 4.06. The van der Waals surface area contributed by atoms with E-state index in [1.807, 2.05) is 25.1 Å². The number of benzene rings is 1. The molecule has 1 atom stereocenters. The molecule has 0 radical (unpaired) electrons. The van der Waals surface area contributed by atoms with Crippen molar-refractivity contribution in [3.63, 3.8) is 0 Å². The number of aliphatic hydroxyl groups excluding tert-OH is 1. The van der Waals surface area contributed by atoms with Crippen LogP contribution in [0.15, 0.2) is 18.2 Å². The average molecular weight is 292 g/mol. The molecule has 1 N–H and O–H groups in total. The summed E-state index contributed by atoms with van der Waals surface area (Å²) in [6.07, 6.45) is 0.279. The van der Waals surface area contributed by atoms with Crippen molar-refractivity contribution in [1.82, 2.24) is 0 Å². The van der Waals surface area contributed by atoms with Crippen LogP contribution in [-0.2, 0) is 0 Å². The Morgan fingerprint density at radius 2 is 2.23 bits per heavy atom. The summed E-state index contributed by atoms with van der Waals surface area (Å²) in [6, 6.07) is 5.80. The summed E-state index contributed by atoms with van der Waals surface area (Å²) in [4.78, 5) is 0. The highest BCUT2D eigenvalue weighted by Crippen LogP contribution is 2.28. The van der Waals surface area contributed by atoms with Crippen LogP contribution in [0.4, 0.5) is 0 Å². The van der Waals surface area contributed by atoms with Crippen LogP contribution >= 0.6 is 22.6 Å². The fraction of sp³-hybridized carbons (Fsp3) is 0.400. The van der Waals surface area contributed by atoms with E-state index in [2.05, 4.69) is 22.6 Å². The van der Waals surface area contributed by atoms with Crippen LogP contribution in [0.25, 0.3) is 0 Å². The summed E-state index contributed by atoms with van der Waals surface area (Å²) in [5.41, 5.74) is 0.872. The maximum atomic E-state index is 9.68. The lowest BCUT2D eigenvalue weighted by molar-refractivity contribution is 0.169. The van der Waals surface area contributed by atoms with Crippen LogP contribution in [-0.4, -0.2) is 12.2 Å². The lowest BCUT2D eigenvalue weighted by Crippen LogP contribution is -1.99. The molecular formula is C10H13IO2. The normalized spacial score (nSPS) is 12.6. The van der Waals surface area contributed by atoms with Gasteiger partial charge in [0.05, 0.1) is 13.2 Å². The number of methoxy groups -OCH3 is 1. The third kappa shape index (κ3) is 2.57. The van der Waals surface area contributed by atoms with Crippen molar-refractivity contribution in [2.45, 2.75) is 19.4 Å². The second-order valence-electron chi connectivity index (χ2n) is 2.81. The van der Waals surface area contributed by atoms with E-state index >= 15 is 0 Å². The van der Waals surface area contributed by atoms with Crippen molar-refractivity contribution in [3.8, 4) is 5.75 Å². The highest BCUT2D eigenvalue weighted by Gasteiger charge is 2.11. The van der Waals surface area contributed by atoms with Crippen molar-refractivity contribution in [2.75, 3.05) is 7.11 Å². The predicted molar refractivity (Wildman–Crippen MR) is 61.0 cm³/mol. The molecule has 0 unspecified atom stereocenters. The van der Waals surface area contributed by atoms with Crippen LogP contribution in [0.2, 0.25) is 0 Å². The fourth-order valence-electron chi connectivity index (χ4n) is 1.19. The minimum absolute atomic E-state index is 0.426. The minimum atomic E-state index is -0.426. The molecule has 0 aliphatic heterocycles. The zero-order chi connectivity index (χ0) is 9.84. The smallest absolute Gasteiger partial charge is 0.124 e. The van der Waals surface area contributed by atoms with Gasteiger partial charge in [-0.25, -0.2) is 0 Å². The molecule has 0 aliphatic carbocycles. The largest absolute Gasteiger partial charge is 0.496 e. The van der Waals surface area contributed by atoms with Gasteiger partial charge in [0.1, 0.15) is 5.75 Å². The quantitative estimate of drug-likeness (QED) is 0.868. The van der Waals surface area contributed by atoms with E-state index in [4.69, 9.17) is 4.74 Å². The molecule has 1 rings (SSSR count). The van der Waals surface area contributed by atoms with Gasteiger partial charge in [0.2, 0.25) is 0 Å². The first-order chi connectivity index (χ1) is 6.19. The fourth-order valence-corrected chi connectivity index (χ4v) is 1.70. The van der Waals surface area contributed by atoms with Gasteiger partial charge >= 0.3 is 0 Å². The number of aliphatic hydroxyl groups is 1. The Labute approximate surface area is 92.1 Å². The molecule has 0 fully saturated rings. The van der Waals surface area contributed by atoms with E-state index in [1.54, 1.807) is 7.11 Å². The number of rotatable bonds is 3. The van der Waals surface area contributed by atoms with Crippen molar-refractivity contribution in [3.05, 3.63) is 27.3 Å². The van der Waals surface area contributed by atoms with Gasteiger partial charge in [0, 0.05) is 9.13 Å². The Bertz CT molecular complexity index is 286. The molecule has 0 amide bonds. The summed E-state index contributed by atoms with van der Waals surface area (Å²) < 4.78 is 6.27. The van der Waals surface area contributed by atoms with Gasteiger partial charge < -0.3 is 9.84 Å². The molecular weight excluding hydrogens is 279 g/mol. The molecule has 0 aliphatic rings. The number of hydrogen-bond donors (Lipinski definition) is 1. The average Bonchev–Trinajstić information content (AvgIpc) is 2.16. The molecule has 0 spiro atoms. The Hall–Kier alpha value is -0.290. The third-order valence-corrected chi connectivity index (χ3v) is 2.61. The van der Waals surface area contributed by atoms with Gasteiger partial charge in [-0.3, -0.25) is 0 Å². The van der Waals surface area contributed by atoms with E-state index < -0.39 is 6.10 Å². The summed E-state index contributed by atoms with van der Waals surface area (Å²) in [7, 11) is 1.62. The molecule has 0 aromatic heterocycles. The predicted octanol–water partition coefficient (Wildman–Crippen LogP) is 2.74. The number of hydrogen-bond acceptors (Lipinski definition) is 2. The number of ether oxygens (including phenoxy) is 1. The Morgan fingerprint density at radius 3 is 2.77 bits per heavy atom. The van der Waals surface area contributed by atoms with Crippen molar-refractivity contribution >= 4 is 22.6 Å². The first kappa shape index (κ1) is 10.8. The zero-order valence-corrected chi connectivity index (χ0v) is 9.91. The second kappa shape index (κ2) is 4.81. The Morgan fingerprint density at radius 1 is 1.54 bits per heavy atom. The molecule has 72 valence electrons. The first-order valence-corrected chi connectivity index (χ1v) is 5.28. The van der Waals surface area contributed by atoms with Gasteiger partial charge in [-0.15, -0.1) is 0 Å².